The average molecular weight is 322 g/mol. The monoisotopic (exact) mass is 322 g/mol. The molecule has 2 rings (SSSR count). The van der Waals surface area contributed by atoms with E-state index in [1.165, 1.54) is 17.8 Å². The third kappa shape index (κ3) is 4.30. The average Bonchev–Trinajstić information content (AvgIpc) is 2.94. The first-order valence-electron chi connectivity index (χ1n) is 7.02. The molecule has 5 nitrogen and oxygen atoms in total. The Balaban J connectivity index is 1.96. The Morgan fingerprint density at radius 3 is 2.82 bits per heavy atom. The standard InChI is InChI=1S/C15H19FN4OS/c1-4-15(2,3)18-12(21)9-22-14-17-13(19-20-14)10-7-5-6-8-11(10)16/h5-8H,4,9H2,1-3H3,(H,18,21)(H,17,19,20). The summed E-state index contributed by atoms with van der Waals surface area (Å²) >= 11 is 1.21. The van der Waals surface area contributed by atoms with Crippen LogP contribution in [0, 0.1) is 5.82 Å². The van der Waals surface area contributed by atoms with Crippen molar-refractivity contribution in [2.75, 3.05) is 5.75 Å². The number of aromatic nitrogens is 3. The van der Waals surface area contributed by atoms with Gasteiger partial charge < -0.3 is 5.32 Å². The lowest BCUT2D eigenvalue weighted by molar-refractivity contribution is -0.120. The van der Waals surface area contributed by atoms with E-state index in [1.807, 2.05) is 20.8 Å². The first-order chi connectivity index (χ1) is 10.4. The lowest BCUT2D eigenvalue weighted by Gasteiger charge is -2.24. The van der Waals surface area contributed by atoms with Crippen LogP contribution in [-0.2, 0) is 4.79 Å². The van der Waals surface area contributed by atoms with E-state index in [9.17, 15) is 9.18 Å². The summed E-state index contributed by atoms with van der Waals surface area (Å²) in [7, 11) is 0. The van der Waals surface area contributed by atoms with E-state index in [4.69, 9.17) is 0 Å². The molecule has 118 valence electrons. The molecule has 1 aromatic carbocycles. The highest BCUT2D eigenvalue weighted by Crippen LogP contribution is 2.21. The molecule has 0 radical (unpaired) electrons. The minimum Gasteiger partial charge on any atom is -0.351 e. The normalized spacial score (nSPS) is 11.5. The van der Waals surface area contributed by atoms with Gasteiger partial charge >= 0.3 is 0 Å². The van der Waals surface area contributed by atoms with E-state index in [0.717, 1.165) is 6.42 Å². The van der Waals surface area contributed by atoms with E-state index in [0.29, 0.717) is 16.5 Å². The summed E-state index contributed by atoms with van der Waals surface area (Å²) in [6, 6.07) is 6.34. The van der Waals surface area contributed by atoms with Gasteiger partial charge in [-0.3, -0.25) is 9.89 Å². The molecule has 0 aliphatic carbocycles. The summed E-state index contributed by atoms with van der Waals surface area (Å²) in [5.74, 6) is 0.138. The van der Waals surface area contributed by atoms with Gasteiger partial charge in [-0.15, -0.1) is 5.10 Å². The molecular formula is C15H19FN4OS. The number of hydrogen-bond donors (Lipinski definition) is 2. The van der Waals surface area contributed by atoms with E-state index >= 15 is 0 Å². The fourth-order valence-electron chi connectivity index (χ4n) is 1.72. The van der Waals surface area contributed by atoms with Crippen molar-refractivity contribution >= 4 is 17.7 Å². The largest absolute Gasteiger partial charge is 0.351 e. The predicted octanol–water partition coefficient (Wildman–Crippen LogP) is 3.01. The number of aromatic amines is 1. The Morgan fingerprint density at radius 2 is 2.14 bits per heavy atom. The van der Waals surface area contributed by atoms with Gasteiger partial charge in [0.2, 0.25) is 11.1 Å². The summed E-state index contributed by atoms with van der Waals surface area (Å²) in [6.07, 6.45) is 0.849. The molecule has 0 atom stereocenters. The molecule has 0 saturated heterocycles. The number of H-pyrrole nitrogens is 1. The minimum atomic E-state index is -0.363. The number of nitrogens with zero attached hydrogens (tertiary/aromatic N) is 2. The topological polar surface area (TPSA) is 70.7 Å². The highest BCUT2D eigenvalue weighted by molar-refractivity contribution is 7.99. The number of amides is 1. The Labute approximate surface area is 133 Å². The number of carbonyl (C=O) groups excluding carboxylic acids is 1. The lowest BCUT2D eigenvalue weighted by atomic mass is 10.0. The van der Waals surface area contributed by atoms with Crippen LogP contribution in [0.5, 0.6) is 0 Å². The molecule has 1 amide bonds. The molecule has 0 spiro atoms. The van der Waals surface area contributed by atoms with Gasteiger partial charge in [-0.05, 0) is 32.4 Å². The van der Waals surface area contributed by atoms with Crippen LogP contribution in [0.25, 0.3) is 11.4 Å². The first-order valence-corrected chi connectivity index (χ1v) is 8.01. The molecule has 1 heterocycles. The Morgan fingerprint density at radius 1 is 1.41 bits per heavy atom. The zero-order valence-electron chi connectivity index (χ0n) is 12.8. The van der Waals surface area contributed by atoms with Gasteiger partial charge in [-0.25, -0.2) is 9.37 Å². The van der Waals surface area contributed by atoms with Crippen LogP contribution in [0.1, 0.15) is 27.2 Å². The zero-order valence-corrected chi connectivity index (χ0v) is 13.6. The predicted molar refractivity (Wildman–Crippen MR) is 85.0 cm³/mol. The molecule has 2 N–H and O–H groups in total. The number of carbonyl (C=O) groups is 1. The van der Waals surface area contributed by atoms with Gasteiger partial charge in [0.25, 0.3) is 0 Å². The third-order valence-electron chi connectivity index (χ3n) is 3.29. The molecule has 2 aromatic rings. The lowest BCUT2D eigenvalue weighted by Crippen LogP contribution is -2.43. The minimum absolute atomic E-state index is 0.0749. The summed E-state index contributed by atoms with van der Waals surface area (Å²) in [5.41, 5.74) is 0.132. The SMILES string of the molecule is CCC(C)(C)NC(=O)CSc1n[nH]c(-c2ccccc2F)n1. The second-order valence-corrected chi connectivity index (χ2v) is 6.46. The van der Waals surface area contributed by atoms with Crippen LogP contribution in [0.15, 0.2) is 29.4 Å². The molecule has 0 aliphatic heterocycles. The van der Waals surface area contributed by atoms with Crippen molar-refractivity contribution < 1.29 is 9.18 Å². The molecule has 0 aliphatic rings. The Hall–Kier alpha value is -1.89. The highest BCUT2D eigenvalue weighted by Gasteiger charge is 2.18. The van der Waals surface area contributed by atoms with E-state index in [1.54, 1.807) is 18.2 Å². The zero-order chi connectivity index (χ0) is 16.2. The molecule has 0 unspecified atom stereocenters. The van der Waals surface area contributed by atoms with Crippen LogP contribution in [-0.4, -0.2) is 32.4 Å². The molecule has 1 aromatic heterocycles. The smallest absolute Gasteiger partial charge is 0.230 e. The summed E-state index contributed by atoms with van der Waals surface area (Å²) < 4.78 is 13.7. The van der Waals surface area contributed by atoms with Crippen LogP contribution in [0.2, 0.25) is 0 Å². The summed E-state index contributed by atoms with van der Waals surface area (Å²) in [5, 5.41) is 10.1. The fraction of sp³-hybridized carbons (Fsp3) is 0.400. The third-order valence-corrected chi connectivity index (χ3v) is 4.14. The second-order valence-electron chi connectivity index (χ2n) is 5.52. The van der Waals surface area contributed by atoms with Crippen molar-refractivity contribution in [2.24, 2.45) is 0 Å². The van der Waals surface area contributed by atoms with Gasteiger partial charge in [-0.1, -0.05) is 30.8 Å². The van der Waals surface area contributed by atoms with Crippen molar-refractivity contribution in [3.05, 3.63) is 30.1 Å². The van der Waals surface area contributed by atoms with Gasteiger partial charge in [-0.2, -0.15) is 0 Å². The number of thioether (sulfide) groups is 1. The molecule has 22 heavy (non-hydrogen) atoms. The number of nitrogens with one attached hydrogen (secondary N) is 2. The Kier molecular flexibility index (Phi) is 5.18. The number of halogens is 1. The molecular weight excluding hydrogens is 303 g/mol. The fourth-order valence-corrected chi connectivity index (χ4v) is 2.32. The van der Waals surface area contributed by atoms with Crippen molar-refractivity contribution in [1.29, 1.82) is 0 Å². The molecule has 7 heteroatoms. The van der Waals surface area contributed by atoms with Gasteiger partial charge in [0, 0.05) is 5.54 Å². The van der Waals surface area contributed by atoms with Crippen molar-refractivity contribution in [3.8, 4) is 11.4 Å². The van der Waals surface area contributed by atoms with Crippen LogP contribution in [0.3, 0.4) is 0 Å². The van der Waals surface area contributed by atoms with Crippen LogP contribution in [0.4, 0.5) is 4.39 Å². The number of rotatable bonds is 6. The quantitative estimate of drug-likeness (QED) is 0.802. The van der Waals surface area contributed by atoms with E-state index in [-0.39, 0.29) is 23.0 Å². The van der Waals surface area contributed by atoms with Gasteiger partial charge in [0.1, 0.15) is 5.82 Å². The van der Waals surface area contributed by atoms with Gasteiger partial charge in [0.15, 0.2) is 5.82 Å². The molecule has 0 fully saturated rings. The molecule has 0 bridgehead atoms. The highest BCUT2D eigenvalue weighted by atomic mass is 32.2. The van der Waals surface area contributed by atoms with Crippen molar-refractivity contribution in [1.82, 2.24) is 20.5 Å². The first kappa shape index (κ1) is 16.5. The Bertz CT molecular complexity index is 656. The second kappa shape index (κ2) is 6.91. The maximum absolute atomic E-state index is 13.7. The van der Waals surface area contributed by atoms with Crippen LogP contribution >= 0.6 is 11.8 Å². The number of hydrogen-bond acceptors (Lipinski definition) is 4. The van der Waals surface area contributed by atoms with E-state index < -0.39 is 0 Å². The van der Waals surface area contributed by atoms with Crippen molar-refractivity contribution in [2.45, 2.75) is 37.9 Å². The van der Waals surface area contributed by atoms with Gasteiger partial charge in [0.05, 0.1) is 11.3 Å². The molecule has 0 saturated carbocycles. The maximum Gasteiger partial charge on any atom is 0.230 e. The maximum atomic E-state index is 13.7. The number of benzene rings is 1. The summed E-state index contributed by atoms with van der Waals surface area (Å²) in [4.78, 5) is 16.1. The van der Waals surface area contributed by atoms with Crippen LogP contribution < -0.4 is 5.32 Å². The van der Waals surface area contributed by atoms with E-state index in [2.05, 4.69) is 20.5 Å². The van der Waals surface area contributed by atoms with Crippen molar-refractivity contribution in [3.63, 3.8) is 0 Å². The summed E-state index contributed by atoms with van der Waals surface area (Å²) in [6.45, 7) is 5.96.